The number of carbonyl (C=O) groups is 3. The van der Waals surface area contributed by atoms with Gasteiger partial charge >= 0.3 is 6.61 Å². The van der Waals surface area contributed by atoms with Crippen molar-refractivity contribution < 1.29 is 33.0 Å². The van der Waals surface area contributed by atoms with Crippen LogP contribution in [-0.2, 0) is 11.2 Å². The molecule has 1 aromatic carbocycles. The molecule has 1 fully saturated rings. The van der Waals surface area contributed by atoms with Gasteiger partial charge < -0.3 is 25.8 Å². The molecule has 0 radical (unpaired) electrons. The van der Waals surface area contributed by atoms with E-state index in [-0.39, 0.29) is 47.2 Å². The van der Waals surface area contributed by atoms with Gasteiger partial charge in [-0.05, 0) is 49.1 Å². The molecule has 0 saturated carbocycles. The second kappa shape index (κ2) is 10.4. The number of likely N-dealkylation sites (tertiary alicyclic amines) is 1. The molecule has 2 heterocycles. The van der Waals surface area contributed by atoms with Crippen molar-refractivity contribution in [3.05, 3.63) is 52.8 Å². The summed E-state index contributed by atoms with van der Waals surface area (Å²) in [4.78, 5) is 42.2. The fraction of sp³-hybridized carbons (Fsp3) is 0.391. The minimum atomic E-state index is -3.07. The van der Waals surface area contributed by atoms with Crippen LogP contribution in [0.3, 0.4) is 0 Å². The molecular formula is C23H26F2N4O5. The number of aromatic hydroxyl groups is 1. The SMILES string of the molecule is CCNC(=O)c1cnc(C(N)=O)c(C[C@H]2C[C@@H](c3ccc(OC(F)F)c(O)c3)CN2C(C)=O)c1. The Morgan fingerprint density at radius 1 is 1.32 bits per heavy atom. The van der Waals surface area contributed by atoms with Gasteiger partial charge in [-0.15, -0.1) is 0 Å². The minimum absolute atomic E-state index is 0.0196. The molecule has 1 saturated heterocycles. The summed E-state index contributed by atoms with van der Waals surface area (Å²) in [6.07, 6.45) is 1.98. The Hall–Kier alpha value is -3.76. The van der Waals surface area contributed by atoms with Crippen LogP contribution >= 0.6 is 0 Å². The molecule has 182 valence electrons. The number of pyridine rings is 1. The molecule has 2 atom stereocenters. The summed E-state index contributed by atoms with van der Waals surface area (Å²) >= 11 is 0. The van der Waals surface area contributed by atoms with Crippen LogP contribution < -0.4 is 15.8 Å². The van der Waals surface area contributed by atoms with Gasteiger partial charge in [0.25, 0.3) is 11.8 Å². The number of phenolic OH excluding ortho intramolecular Hbond substituents is 1. The van der Waals surface area contributed by atoms with Crippen LogP contribution in [0.5, 0.6) is 11.5 Å². The van der Waals surface area contributed by atoms with E-state index in [0.29, 0.717) is 30.6 Å². The molecule has 2 aromatic rings. The Bertz CT molecular complexity index is 1100. The normalized spacial score (nSPS) is 17.6. The maximum absolute atomic E-state index is 12.5. The van der Waals surface area contributed by atoms with Crippen molar-refractivity contribution in [3.8, 4) is 11.5 Å². The number of nitrogens with two attached hydrogens (primary N) is 1. The second-order valence-electron chi connectivity index (χ2n) is 8.02. The molecule has 3 amide bonds. The second-order valence-corrected chi connectivity index (χ2v) is 8.02. The molecule has 11 heteroatoms. The number of halogens is 2. The zero-order valence-electron chi connectivity index (χ0n) is 18.8. The first-order valence-corrected chi connectivity index (χ1v) is 10.7. The van der Waals surface area contributed by atoms with Crippen LogP contribution in [0.15, 0.2) is 30.5 Å². The number of ether oxygens (including phenoxy) is 1. The number of alkyl halides is 2. The van der Waals surface area contributed by atoms with Crippen molar-refractivity contribution >= 4 is 17.7 Å². The molecular weight excluding hydrogens is 450 g/mol. The van der Waals surface area contributed by atoms with Crippen molar-refractivity contribution in [2.45, 2.75) is 45.3 Å². The summed E-state index contributed by atoms with van der Waals surface area (Å²) in [6, 6.07) is 5.37. The Balaban J connectivity index is 1.88. The highest BCUT2D eigenvalue weighted by Crippen LogP contribution is 2.37. The highest BCUT2D eigenvalue weighted by Gasteiger charge is 2.35. The number of carbonyl (C=O) groups excluding carboxylic acids is 3. The summed E-state index contributed by atoms with van der Waals surface area (Å²) < 4.78 is 29.2. The van der Waals surface area contributed by atoms with Crippen LogP contribution in [0.1, 0.15) is 58.2 Å². The Labute approximate surface area is 194 Å². The average molecular weight is 476 g/mol. The fourth-order valence-electron chi connectivity index (χ4n) is 4.25. The van der Waals surface area contributed by atoms with Gasteiger partial charge in [0.2, 0.25) is 5.91 Å². The molecule has 0 unspecified atom stereocenters. The number of amides is 3. The third-order valence-corrected chi connectivity index (χ3v) is 5.74. The van der Waals surface area contributed by atoms with Crippen LogP contribution in [-0.4, -0.2) is 58.5 Å². The number of nitrogens with zero attached hydrogens (tertiary/aromatic N) is 2. The number of benzene rings is 1. The Kier molecular flexibility index (Phi) is 7.64. The summed E-state index contributed by atoms with van der Waals surface area (Å²) in [7, 11) is 0. The first kappa shape index (κ1) is 24.9. The smallest absolute Gasteiger partial charge is 0.387 e. The zero-order valence-corrected chi connectivity index (χ0v) is 18.8. The summed E-state index contributed by atoms with van der Waals surface area (Å²) in [6.45, 7) is 0.873. The molecule has 0 bridgehead atoms. The molecule has 4 N–H and O–H groups in total. The minimum Gasteiger partial charge on any atom is -0.504 e. The van der Waals surface area contributed by atoms with E-state index >= 15 is 0 Å². The lowest BCUT2D eigenvalue weighted by molar-refractivity contribution is -0.129. The van der Waals surface area contributed by atoms with Gasteiger partial charge in [0, 0.05) is 38.2 Å². The number of hydrogen-bond donors (Lipinski definition) is 3. The summed E-state index contributed by atoms with van der Waals surface area (Å²) in [5, 5.41) is 12.7. The quantitative estimate of drug-likeness (QED) is 0.535. The lowest BCUT2D eigenvalue weighted by Gasteiger charge is -2.24. The van der Waals surface area contributed by atoms with Crippen LogP contribution in [0.25, 0.3) is 0 Å². The van der Waals surface area contributed by atoms with Gasteiger partial charge in [-0.2, -0.15) is 8.78 Å². The van der Waals surface area contributed by atoms with Crippen LogP contribution in [0.4, 0.5) is 8.78 Å². The number of primary amides is 1. The molecule has 1 aliphatic heterocycles. The molecule has 3 rings (SSSR count). The Morgan fingerprint density at radius 3 is 2.65 bits per heavy atom. The van der Waals surface area contributed by atoms with Crippen molar-refractivity contribution in [1.82, 2.24) is 15.2 Å². The fourth-order valence-corrected chi connectivity index (χ4v) is 4.25. The van der Waals surface area contributed by atoms with E-state index in [2.05, 4.69) is 15.0 Å². The van der Waals surface area contributed by atoms with Crippen LogP contribution in [0, 0.1) is 0 Å². The summed E-state index contributed by atoms with van der Waals surface area (Å²) in [5.41, 5.74) is 6.86. The van der Waals surface area contributed by atoms with E-state index in [1.54, 1.807) is 24.0 Å². The van der Waals surface area contributed by atoms with E-state index in [0.717, 1.165) is 0 Å². The van der Waals surface area contributed by atoms with Crippen molar-refractivity contribution in [2.24, 2.45) is 5.73 Å². The van der Waals surface area contributed by atoms with Crippen molar-refractivity contribution in [1.29, 1.82) is 0 Å². The number of aromatic nitrogens is 1. The maximum Gasteiger partial charge on any atom is 0.387 e. The third kappa shape index (κ3) is 5.59. The number of nitrogens with one attached hydrogen (secondary N) is 1. The molecule has 1 aromatic heterocycles. The zero-order chi connectivity index (χ0) is 25.0. The van der Waals surface area contributed by atoms with Gasteiger partial charge in [0.1, 0.15) is 5.69 Å². The Morgan fingerprint density at radius 2 is 2.06 bits per heavy atom. The first-order chi connectivity index (χ1) is 16.1. The third-order valence-electron chi connectivity index (χ3n) is 5.74. The van der Waals surface area contributed by atoms with Crippen LogP contribution in [0.2, 0.25) is 0 Å². The van der Waals surface area contributed by atoms with Gasteiger partial charge in [0.05, 0.1) is 5.56 Å². The first-order valence-electron chi connectivity index (χ1n) is 10.7. The van der Waals surface area contributed by atoms with E-state index in [9.17, 15) is 28.3 Å². The predicted molar refractivity (Wildman–Crippen MR) is 118 cm³/mol. The molecule has 9 nitrogen and oxygen atoms in total. The van der Waals surface area contributed by atoms with Gasteiger partial charge in [-0.1, -0.05) is 6.07 Å². The van der Waals surface area contributed by atoms with E-state index in [1.807, 2.05) is 0 Å². The monoisotopic (exact) mass is 476 g/mol. The molecule has 34 heavy (non-hydrogen) atoms. The molecule has 0 aliphatic carbocycles. The van der Waals surface area contributed by atoms with Gasteiger partial charge in [0.15, 0.2) is 11.5 Å². The largest absolute Gasteiger partial charge is 0.504 e. The lowest BCUT2D eigenvalue weighted by atomic mass is 9.93. The van der Waals surface area contributed by atoms with E-state index in [4.69, 9.17) is 5.73 Å². The number of phenols is 1. The van der Waals surface area contributed by atoms with Crippen molar-refractivity contribution in [2.75, 3.05) is 13.1 Å². The number of rotatable bonds is 8. The van der Waals surface area contributed by atoms with Crippen molar-refractivity contribution in [3.63, 3.8) is 0 Å². The van der Waals surface area contributed by atoms with Gasteiger partial charge in [-0.3, -0.25) is 14.4 Å². The highest BCUT2D eigenvalue weighted by molar-refractivity contribution is 5.96. The van der Waals surface area contributed by atoms with Gasteiger partial charge in [-0.25, -0.2) is 4.98 Å². The predicted octanol–water partition coefficient (Wildman–Crippen LogP) is 2.18. The summed E-state index contributed by atoms with van der Waals surface area (Å²) in [5.74, 6) is -2.25. The average Bonchev–Trinajstić information content (AvgIpc) is 3.19. The molecule has 1 aliphatic rings. The molecule has 0 spiro atoms. The highest BCUT2D eigenvalue weighted by atomic mass is 19.3. The maximum atomic E-state index is 12.5. The standard InChI is InChI=1S/C23H26F2N4O5/c1-3-27-22(33)15-6-14(20(21(26)32)28-10-15)7-17-8-16(11-29(17)12(2)30)13-4-5-19(18(31)9-13)34-23(24)25/h4-6,9-10,16-17,23,31H,3,7-8,11H2,1-2H3,(H2,26,32)(H,27,33)/t16-,17+/m1/s1. The van der Waals surface area contributed by atoms with E-state index < -0.39 is 18.3 Å². The number of hydrogen-bond acceptors (Lipinski definition) is 6. The topological polar surface area (TPSA) is 135 Å². The lowest BCUT2D eigenvalue weighted by Crippen LogP contribution is -2.36. The van der Waals surface area contributed by atoms with E-state index in [1.165, 1.54) is 25.3 Å².